The smallest absolute Gasteiger partial charge is 0.224 e. The Bertz CT molecular complexity index is 281. The quantitative estimate of drug-likeness (QED) is 0.699. The van der Waals surface area contributed by atoms with Crippen LogP contribution in [0.5, 0.6) is 0 Å². The first-order valence-corrected chi connectivity index (χ1v) is 3.99. The summed E-state index contributed by atoms with van der Waals surface area (Å²) >= 11 is 0. The maximum Gasteiger partial charge on any atom is 0.224 e. The highest BCUT2D eigenvalue weighted by atomic mass is 16.1. The Labute approximate surface area is 72.6 Å². The van der Waals surface area contributed by atoms with Gasteiger partial charge in [0.05, 0.1) is 6.42 Å². The molecule has 0 aliphatic rings. The Morgan fingerprint density at radius 1 is 1.42 bits per heavy atom. The highest BCUT2D eigenvalue weighted by Crippen LogP contribution is 2.06. The minimum atomic E-state index is 0.0595. The van der Waals surface area contributed by atoms with Crippen molar-refractivity contribution in [3.8, 4) is 0 Å². The molecule has 0 atom stereocenters. The number of carbonyl (C=O) groups is 1. The molecule has 12 heavy (non-hydrogen) atoms. The normalized spacial score (nSPS) is 9.50. The molecule has 1 amide bonds. The monoisotopic (exact) mass is 163 g/mol. The van der Waals surface area contributed by atoms with Gasteiger partial charge in [0.2, 0.25) is 5.91 Å². The molecule has 0 spiro atoms. The highest BCUT2D eigenvalue weighted by Gasteiger charge is 2.01. The Balaban J connectivity index is 2.75. The van der Waals surface area contributed by atoms with E-state index in [0.717, 1.165) is 5.56 Å². The summed E-state index contributed by atoms with van der Waals surface area (Å²) in [7, 11) is 1.65. The first-order valence-electron chi connectivity index (χ1n) is 3.99. The molecule has 1 rings (SSSR count). The predicted molar refractivity (Wildman–Crippen MR) is 48.9 cm³/mol. The topological polar surface area (TPSA) is 29.1 Å². The summed E-state index contributed by atoms with van der Waals surface area (Å²) in [6.45, 7) is 2.01. The number of rotatable bonds is 2. The van der Waals surface area contributed by atoms with Gasteiger partial charge >= 0.3 is 0 Å². The van der Waals surface area contributed by atoms with Gasteiger partial charge in [0, 0.05) is 7.05 Å². The minimum absolute atomic E-state index is 0.0595. The number of hydrogen-bond acceptors (Lipinski definition) is 1. The molecule has 1 N–H and O–H groups in total. The molecule has 0 aliphatic heterocycles. The summed E-state index contributed by atoms with van der Waals surface area (Å²) in [6.07, 6.45) is 0.475. The van der Waals surface area contributed by atoms with E-state index >= 15 is 0 Å². The van der Waals surface area contributed by atoms with Crippen LogP contribution in [-0.2, 0) is 11.2 Å². The van der Waals surface area contributed by atoms with Crippen LogP contribution >= 0.6 is 0 Å². The van der Waals surface area contributed by atoms with Crippen LogP contribution in [0.15, 0.2) is 24.3 Å². The molecule has 0 aliphatic carbocycles. The van der Waals surface area contributed by atoms with Gasteiger partial charge in [-0.25, -0.2) is 0 Å². The summed E-state index contributed by atoms with van der Waals surface area (Å²) < 4.78 is 0. The maximum absolute atomic E-state index is 11.0. The summed E-state index contributed by atoms with van der Waals surface area (Å²) in [6, 6.07) is 7.91. The number of benzene rings is 1. The largest absolute Gasteiger partial charge is 0.359 e. The SMILES string of the molecule is CNC(=O)Cc1ccccc1C. The molecule has 2 heteroatoms. The average Bonchev–Trinajstić information content (AvgIpc) is 2.09. The number of amides is 1. The molecule has 2 nitrogen and oxygen atoms in total. The lowest BCUT2D eigenvalue weighted by Gasteiger charge is -2.03. The van der Waals surface area contributed by atoms with Crippen molar-refractivity contribution in [2.45, 2.75) is 13.3 Å². The standard InChI is InChI=1S/C10H13NO/c1-8-5-3-4-6-9(8)7-10(12)11-2/h3-6H,7H2,1-2H3,(H,11,12). The van der Waals surface area contributed by atoms with Gasteiger partial charge in [-0.3, -0.25) is 4.79 Å². The number of hydrogen-bond donors (Lipinski definition) is 1. The van der Waals surface area contributed by atoms with Crippen LogP contribution in [0.1, 0.15) is 11.1 Å². The van der Waals surface area contributed by atoms with Crippen molar-refractivity contribution in [3.05, 3.63) is 35.4 Å². The second-order valence-electron chi connectivity index (χ2n) is 2.78. The van der Waals surface area contributed by atoms with Gasteiger partial charge in [0.1, 0.15) is 0 Å². The van der Waals surface area contributed by atoms with Gasteiger partial charge in [-0.05, 0) is 18.1 Å². The van der Waals surface area contributed by atoms with Crippen LogP contribution in [-0.4, -0.2) is 13.0 Å². The second-order valence-corrected chi connectivity index (χ2v) is 2.78. The van der Waals surface area contributed by atoms with Crippen LogP contribution in [0.3, 0.4) is 0 Å². The predicted octanol–water partition coefficient (Wildman–Crippen LogP) is 1.28. The lowest BCUT2D eigenvalue weighted by molar-refractivity contribution is -0.119. The fraction of sp³-hybridized carbons (Fsp3) is 0.300. The fourth-order valence-electron chi connectivity index (χ4n) is 1.07. The van der Waals surface area contributed by atoms with Gasteiger partial charge in [0.25, 0.3) is 0 Å². The van der Waals surface area contributed by atoms with E-state index in [1.165, 1.54) is 5.56 Å². The third kappa shape index (κ3) is 2.09. The zero-order valence-corrected chi connectivity index (χ0v) is 7.42. The van der Waals surface area contributed by atoms with Crippen LogP contribution in [0.2, 0.25) is 0 Å². The van der Waals surface area contributed by atoms with Crippen LogP contribution in [0.4, 0.5) is 0 Å². The van der Waals surface area contributed by atoms with E-state index in [9.17, 15) is 4.79 Å². The molecule has 64 valence electrons. The molecule has 0 saturated heterocycles. The van der Waals surface area contributed by atoms with E-state index in [4.69, 9.17) is 0 Å². The molecule has 1 aromatic carbocycles. The van der Waals surface area contributed by atoms with Crippen molar-refractivity contribution in [1.82, 2.24) is 5.32 Å². The van der Waals surface area contributed by atoms with Crippen molar-refractivity contribution in [2.24, 2.45) is 0 Å². The Morgan fingerprint density at radius 3 is 2.67 bits per heavy atom. The Kier molecular flexibility index (Phi) is 2.86. The third-order valence-electron chi connectivity index (χ3n) is 1.89. The van der Waals surface area contributed by atoms with Gasteiger partial charge < -0.3 is 5.32 Å². The molecule has 0 unspecified atom stereocenters. The number of aryl methyl sites for hydroxylation is 1. The number of carbonyl (C=O) groups excluding carboxylic acids is 1. The zero-order valence-electron chi connectivity index (χ0n) is 7.42. The van der Waals surface area contributed by atoms with Crippen LogP contribution in [0.25, 0.3) is 0 Å². The molecular weight excluding hydrogens is 150 g/mol. The van der Waals surface area contributed by atoms with Crippen molar-refractivity contribution in [3.63, 3.8) is 0 Å². The second kappa shape index (κ2) is 3.90. The molecule has 1 aromatic rings. The lowest BCUT2D eigenvalue weighted by Crippen LogP contribution is -2.20. The number of likely N-dealkylation sites (N-methyl/N-ethyl adjacent to an activating group) is 1. The molecule has 0 aromatic heterocycles. The van der Waals surface area contributed by atoms with Gasteiger partial charge in [-0.1, -0.05) is 24.3 Å². The highest BCUT2D eigenvalue weighted by molar-refractivity contribution is 5.78. The van der Waals surface area contributed by atoms with E-state index in [1.54, 1.807) is 7.05 Å². The molecule has 0 saturated carbocycles. The Hall–Kier alpha value is -1.31. The summed E-state index contributed by atoms with van der Waals surface area (Å²) in [5.74, 6) is 0.0595. The van der Waals surface area contributed by atoms with Crippen molar-refractivity contribution in [2.75, 3.05) is 7.05 Å². The van der Waals surface area contributed by atoms with E-state index in [-0.39, 0.29) is 5.91 Å². The summed E-state index contributed by atoms with van der Waals surface area (Å²) in [5, 5.41) is 2.60. The summed E-state index contributed by atoms with van der Waals surface area (Å²) in [5.41, 5.74) is 2.26. The van der Waals surface area contributed by atoms with Crippen molar-refractivity contribution < 1.29 is 4.79 Å². The van der Waals surface area contributed by atoms with Crippen molar-refractivity contribution >= 4 is 5.91 Å². The van der Waals surface area contributed by atoms with Crippen LogP contribution in [0, 0.1) is 6.92 Å². The van der Waals surface area contributed by atoms with Crippen molar-refractivity contribution in [1.29, 1.82) is 0 Å². The third-order valence-corrected chi connectivity index (χ3v) is 1.89. The molecular formula is C10H13NO. The first kappa shape index (κ1) is 8.78. The van der Waals surface area contributed by atoms with Crippen LogP contribution < -0.4 is 5.32 Å². The molecule has 0 bridgehead atoms. The molecule has 0 radical (unpaired) electrons. The molecule has 0 heterocycles. The summed E-state index contributed by atoms with van der Waals surface area (Å²) in [4.78, 5) is 11.0. The number of nitrogens with one attached hydrogen (secondary N) is 1. The average molecular weight is 163 g/mol. The Morgan fingerprint density at radius 2 is 2.08 bits per heavy atom. The molecule has 0 fully saturated rings. The van der Waals surface area contributed by atoms with Gasteiger partial charge in [-0.2, -0.15) is 0 Å². The fourth-order valence-corrected chi connectivity index (χ4v) is 1.07. The maximum atomic E-state index is 11.0. The van der Waals surface area contributed by atoms with E-state index < -0.39 is 0 Å². The van der Waals surface area contributed by atoms with E-state index in [2.05, 4.69) is 5.32 Å². The lowest BCUT2D eigenvalue weighted by atomic mass is 10.1. The van der Waals surface area contributed by atoms with E-state index in [1.807, 2.05) is 31.2 Å². The zero-order chi connectivity index (χ0) is 8.97. The minimum Gasteiger partial charge on any atom is -0.359 e. The van der Waals surface area contributed by atoms with Gasteiger partial charge in [0.15, 0.2) is 0 Å². The first-order chi connectivity index (χ1) is 5.74. The van der Waals surface area contributed by atoms with E-state index in [0.29, 0.717) is 6.42 Å². The van der Waals surface area contributed by atoms with Gasteiger partial charge in [-0.15, -0.1) is 0 Å².